The monoisotopic (exact) mass is 256 g/mol. The summed E-state index contributed by atoms with van der Waals surface area (Å²) in [6, 6.07) is 0. The highest BCUT2D eigenvalue weighted by molar-refractivity contribution is 5.79. The van der Waals surface area contributed by atoms with Gasteiger partial charge in [0.25, 0.3) is 0 Å². The van der Waals surface area contributed by atoms with Gasteiger partial charge in [0.1, 0.15) is 6.61 Å². The van der Waals surface area contributed by atoms with E-state index in [0.29, 0.717) is 12.5 Å². The lowest BCUT2D eigenvalue weighted by molar-refractivity contribution is -0.173. The number of guanidine groups is 1. The topological polar surface area (TPSA) is 71.7 Å². The molecule has 0 aliphatic carbocycles. The van der Waals surface area contributed by atoms with Crippen molar-refractivity contribution in [2.24, 2.45) is 10.8 Å². The van der Waals surface area contributed by atoms with Crippen LogP contribution in [-0.4, -0.2) is 38.4 Å². The van der Waals surface area contributed by atoms with E-state index in [0.717, 1.165) is 12.8 Å². The van der Waals surface area contributed by atoms with Crippen molar-refractivity contribution in [1.82, 2.24) is 10.7 Å². The van der Waals surface area contributed by atoms with Crippen molar-refractivity contribution >= 4 is 5.96 Å². The highest BCUT2D eigenvalue weighted by Crippen LogP contribution is 2.13. The maximum absolute atomic E-state index is 11.7. The molecule has 0 aliphatic rings. The van der Waals surface area contributed by atoms with Gasteiger partial charge >= 0.3 is 6.18 Å². The van der Waals surface area contributed by atoms with Crippen LogP contribution in [0.1, 0.15) is 19.8 Å². The largest absolute Gasteiger partial charge is 0.411 e. The number of halogens is 3. The number of alkyl halides is 3. The molecule has 5 nitrogen and oxygen atoms in total. The molecule has 0 aromatic heterocycles. The third-order valence-corrected chi connectivity index (χ3v) is 1.72. The summed E-state index contributed by atoms with van der Waals surface area (Å²) < 4.78 is 39.5. The molecule has 0 unspecified atom stereocenters. The fraction of sp³-hybridized carbons (Fsp3) is 0.889. The highest BCUT2D eigenvalue weighted by Gasteiger charge is 2.27. The number of rotatable bonds is 7. The molecule has 0 atom stereocenters. The molecule has 0 spiro atoms. The predicted molar refractivity (Wildman–Crippen MR) is 59.4 cm³/mol. The average molecular weight is 256 g/mol. The third kappa shape index (κ3) is 11.2. The molecule has 0 saturated carbocycles. The quantitative estimate of drug-likeness (QED) is 0.207. The Balaban J connectivity index is 3.59. The molecule has 0 amide bonds. The van der Waals surface area contributed by atoms with Gasteiger partial charge in [0.2, 0.25) is 5.96 Å². The number of hydrazine groups is 1. The van der Waals surface area contributed by atoms with E-state index in [1.165, 1.54) is 0 Å². The molecule has 0 bridgehead atoms. The van der Waals surface area contributed by atoms with Gasteiger partial charge in [-0.3, -0.25) is 10.4 Å². The van der Waals surface area contributed by atoms with Gasteiger partial charge in [-0.25, -0.2) is 5.84 Å². The van der Waals surface area contributed by atoms with E-state index < -0.39 is 12.8 Å². The fourth-order valence-corrected chi connectivity index (χ4v) is 0.931. The Labute approximate surface area is 98.6 Å². The van der Waals surface area contributed by atoms with Crippen molar-refractivity contribution in [2.45, 2.75) is 25.9 Å². The first kappa shape index (κ1) is 16.0. The van der Waals surface area contributed by atoms with E-state index in [1.54, 1.807) is 0 Å². The lowest BCUT2D eigenvalue weighted by Gasteiger charge is -2.10. The van der Waals surface area contributed by atoms with Crippen molar-refractivity contribution in [3.8, 4) is 0 Å². The number of hydrogen-bond acceptors (Lipinski definition) is 3. The van der Waals surface area contributed by atoms with Crippen molar-refractivity contribution in [2.75, 3.05) is 26.3 Å². The summed E-state index contributed by atoms with van der Waals surface area (Å²) in [5.74, 6) is 5.53. The van der Waals surface area contributed by atoms with Gasteiger partial charge in [-0.15, -0.1) is 0 Å². The molecular weight excluding hydrogens is 237 g/mol. The summed E-state index contributed by atoms with van der Waals surface area (Å²) in [4.78, 5) is 4.07. The molecule has 8 heteroatoms. The number of nitrogens with two attached hydrogens (primary N) is 1. The molecule has 0 rings (SSSR count). The molecular formula is C9H19F3N4O. The van der Waals surface area contributed by atoms with Crippen LogP contribution in [0.25, 0.3) is 0 Å². The Morgan fingerprint density at radius 1 is 1.41 bits per heavy atom. The number of ether oxygens (including phenoxy) is 1. The molecule has 4 N–H and O–H groups in total. The number of hydrogen-bond donors (Lipinski definition) is 3. The Bertz CT molecular complexity index is 221. The Morgan fingerprint density at radius 2 is 2.12 bits per heavy atom. The summed E-state index contributed by atoms with van der Waals surface area (Å²) >= 11 is 0. The summed E-state index contributed by atoms with van der Waals surface area (Å²) in [6.07, 6.45) is -2.35. The van der Waals surface area contributed by atoms with Crippen molar-refractivity contribution in [1.29, 1.82) is 0 Å². The van der Waals surface area contributed by atoms with Crippen LogP contribution < -0.4 is 16.6 Å². The normalized spacial score (nSPS) is 12.6. The third-order valence-electron chi connectivity index (χ3n) is 1.72. The minimum atomic E-state index is -4.29. The van der Waals surface area contributed by atoms with Gasteiger partial charge < -0.3 is 10.1 Å². The van der Waals surface area contributed by atoms with E-state index in [-0.39, 0.29) is 13.2 Å². The summed E-state index contributed by atoms with van der Waals surface area (Å²) in [6.45, 7) is 1.56. The number of unbranched alkanes of at least 4 members (excludes halogenated alkanes) is 1. The van der Waals surface area contributed by atoms with Crippen LogP contribution in [0.2, 0.25) is 0 Å². The van der Waals surface area contributed by atoms with Crippen LogP contribution >= 0.6 is 0 Å². The molecule has 17 heavy (non-hydrogen) atoms. The summed E-state index contributed by atoms with van der Waals surface area (Å²) in [5.41, 5.74) is 2.33. The van der Waals surface area contributed by atoms with Crippen LogP contribution in [0.5, 0.6) is 0 Å². The molecule has 0 fully saturated rings. The predicted octanol–water partition coefficient (Wildman–Crippen LogP) is 0.774. The first-order chi connectivity index (χ1) is 7.99. The molecule has 0 aliphatic heterocycles. The van der Waals surface area contributed by atoms with Crippen molar-refractivity contribution < 1.29 is 17.9 Å². The molecule has 0 heterocycles. The smallest absolute Gasteiger partial charge is 0.370 e. The first-order valence-corrected chi connectivity index (χ1v) is 5.39. The SMILES string of the molecule is CCCCN=C(NN)NCCOCC(F)(F)F. The second-order valence-electron chi connectivity index (χ2n) is 3.32. The zero-order chi connectivity index (χ0) is 13.1. The molecule has 0 aromatic carbocycles. The van der Waals surface area contributed by atoms with E-state index in [2.05, 4.69) is 20.5 Å². The molecule has 0 radical (unpaired) electrons. The minimum Gasteiger partial charge on any atom is -0.370 e. The Kier molecular flexibility index (Phi) is 8.51. The molecule has 0 saturated heterocycles. The van der Waals surface area contributed by atoms with Crippen LogP contribution in [0, 0.1) is 0 Å². The zero-order valence-corrected chi connectivity index (χ0v) is 9.81. The van der Waals surface area contributed by atoms with Crippen LogP contribution in [0.15, 0.2) is 4.99 Å². The van der Waals surface area contributed by atoms with E-state index in [4.69, 9.17) is 5.84 Å². The molecule has 0 aromatic rings. The Morgan fingerprint density at radius 3 is 2.65 bits per heavy atom. The summed E-state index contributed by atoms with van der Waals surface area (Å²) in [5, 5.41) is 2.74. The average Bonchev–Trinajstić information content (AvgIpc) is 2.25. The van der Waals surface area contributed by atoms with E-state index in [1.807, 2.05) is 6.92 Å². The maximum atomic E-state index is 11.7. The van der Waals surface area contributed by atoms with Gasteiger partial charge in [-0.05, 0) is 6.42 Å². The number of aliphatic imine (C=N–C) groups is 1. The number of nitrogens with one attached hydrogen (secondary N) is 2. The van der Waals surface area contributed by atoms with Gasteiger partial charge in [-0.2, -0.15) is 13.2 Å². The fourth-order valence-electron chi connectivity index (χ4n) is 0.931. The van der Waals surface area contributed by atoms with Crippen molar-refractivity contribution in [3.63, 3.8) is 0 Å². The molecule has 102 valence electrons. The Hall–Kier alpha value is -1.02. The van der Waals surface area contributed by atoms with Gasteiger partial charge in [0.15, 0.2) is 0 Å². The van der Waals surface area contributed by atoms with Gasteiger partial charge in [0, 0.05) is 13.1 Å². The highest BCUT2D eigenvalue weighted by atomic mass is 19.4. The standard InChI is InChI=1S/C9H19F3N4O/c1-2-3-4-14-8(16-13)15-5-6-17-7-9(10,11)12/h2-7,13H2,1H3,(H2,14,15,16). The van der Waals surface area contributed by atoms with Gasteiger partial charge in [-0.1, -0.05) is 13.3 Å². The number of nitrogens with zero attached hydrogens (tertiary/aromatic N) is 1. The first-order valence-electron chi connectivity index (χ1n) is 5.39. The van der Waals surface area contributed by atoms with Crippen LogP contribution in [0.4, 0.5) is 13.2 Å². The lowest BCUT2D eigenvalue weighted by Crippen LogP contribution is -2.43. The second-order valence-corrected chi connectivity index (χ2v) is 3.32. The summed E-state index contributed by atoms with van der Waals surface area (Å²) in [7, 11) is 0. The van der Waals surface area contributed by atoms with Crippen LogP contribution in [0.3, 0.4) is 0 Å². The van der Waals surface area contributed by atoms with Crippen molar-refractivity contribution in [3.05, 3.63) is 0 Å². The zero-order valence-electron chi connectivity index (χ0n) is 9.81. The van der Waals surface area contributed by atoms with E-state index in [9.17, 15) is 13.2 Å². The lowest BCUT2D eigenvalue weighted by atomic mass is 10.3. The second kappa shape index (κ2) is 9.06. The van der Waals surface area contributed by atoms with E-state index >= 15 is 0 Å². The van der Waals surface area contributed by atoms with Crippen LogP contribution in [-0.2, 0) is 4.74 Å². The maximum Gasteiger partial charge on any atom is 0.411 e. The minimum absolute atomic E-state index is 0.0615. The van der Waals surface area contributed by atoms with Gasteiger partial charge in [0.05, 0.1) is 6.61 Å².